The van der Waals surface area contributed by atoms with Gasteiger partial charge < -0.3 is 5.32 Å². The summed E-state index contributed by atoms with van der Waals surface area (Å²) in [5, 5.41) is 12.0. The number of nitrogens with one attached hydrogen (secondary N) is 1. The molecular formula is C12H17N3. The lowest BCUT2D eigenvalue weighted by atomic mass is 10.1. The van der Waals surface area contributed by atoms with E-state index >= 15 is 0 Å². The highest BCUT2D eigenvalue weighted by atomic mass is 15.0. The second-order valence-corrected chi connectivity index (χ2v) is 3.58. The number of aromatic nitrogens is 1. The standard InChI is InChI=1S/C12H17N3/c1-3-5-11(4-2)15-12-7-6-10(8-13)9-14-12/h6-7,9,11H,3-5H2,1-2H3,(H,14,15). The Bertz CT molecular complexity index is 324. The molecule has 3 nitrogen and oxygen atoms in total. The molecule has 0 fully saturated rings. The van der Waals surface area contributed by atoms with Crippen molar-refractivity contribution in [2.45, 2.75) is 39.2 Å². The van der Waals surface area contributed by atoms with E-state index in [9.17, 15) is 0 Å². The first-order valence-corrected chi connectivity index (χ1v) is 5.42. The number of hydrogen-bond donors (Lipinski definition) is 1. The maximum absolute atomic E-state index is 8.63. The zero-order chi connectivity index (χ0) is 11.1. The summed E-state index contributed by atoms with van der Waals surface area (Å²) in [7, 11) is 0. The van der Waals surface area contributed by atoms with Gasteiger partial charge in [-0.3, -0.25) is 0 Å². The van der Waals surface area contributed by atoms with Crippen molar-refractivity contribution < 1.29 is 0 Å². The number of rotatable bonds is 5. The Morgan fingerprint density at radius 1 is 1.47 bits per heavy atom. The van der Waals surface area contributed by atoms with Crippen LogP contribution < -0.4 is 5.32 Å². The normalized spacial score (nSPS) is 11.8. The van der Waals surface area contributed by atoms with Crippen LogP contribution in [-0.4, -0.2) is 11.0 Å². The van der Waals surface area contributed by atoms with Crippen LogP contribution in [0.25, 0.3) is 0 Å². The van der Waals surface area contributed by atoms with Crippen LogP contribution in [-0.2, 0) is 0 Å². The van der Waals surface area contributed by atoms with Gasteiger partial charge in [0.25, 0.3) is 0 Å². The molecule has 80 valence electrons. The van der Waals surface area contributed by atoms with Crippen molar-refractivity contribution >= 4 is 5.82 Å². The zero-order valence-corrected chi connectivity index (χ0v) is 9.33. The summed E-state index contributed by atoms with van der Waals surface area (Å²) in [6.07, 6.45) is 5.01. The smallest absolute Gasteiger partial charge is 0.126 e. The van der Waals surface area contributed by atoms with Gasteiger partial charge in [-0.1, -0.05) is 20.3 Å². The molecule has 0 saturated heterocycles. The third-order valence-electron chi connectivity index (χ3n) is 2.37. The van der Waals surface area contributed by atoms with Crippen LogP contribution in [0.1, 0.15) is 38.7 Å². The first-order chi connectivity index (χ1) is 7.30. The molecule has 0 radical (unpaired) electrons. The van der Waals surface area contributed by atoms with Crippen LogP contribution in [0.2, 0.25) is 0 Å². The zero-order valence-electron chi connectivity index (χ0n) is 9.33. The van der Waals surface area contributed by atoms with Gasteiger partial charge in [-0.15, -0.1) is 0 Å². The van der Waals surface area contributed by atoms with Crippen LogP contribution in [0.3, 0.4) is 0 Å². The van der Waals surface area contributed by atoms with Gasteiger partial charge in [-0.2, -0.15) is 5.26 Å². The fourth-order valence-electron chi connectivity index (χ4n) is 1.48. The molecule has 0 aliphatic heterocycles. The first-order valence-electron chi connectivity index (χ1n) is 5.42. The number of nitrogens with zero attached hydrogens (tertiary/aromatic N) is 2. The minimum Gasteiger partial charge on any atom is -0.367 e. The Morgan fingerprint density at radius 3 is 2.73 bits per heavy atom. The largest absolute Gasteiger partial charge is 0.367 e. The second-order valence-electron chi connectivity index (χ2n) is 3.58. The van der Waals surface area contributed by atoms with Crippen molar-refractivity contribution in [3.63, 3.8) is 0 Å². The van der Waals surface area contributed by atoms with Gasteiger partial charge in [0.15, 0.2) is 0 Å². The molecule has 1 rings (SSSR count). The molecule has 0 saturated carbocycles. The third kappa shape index (κ3) is 3.59. The van der Waals surface area contributed by atoms with Crippen LogP contribution in [0.5, 0.6) is 0 Å². The van der Waals surface area contributed by atoms with Gasteiger partial charge in [0.05, 0.1) is 5.56 Å². The fraction of sp³-hybridized carbons (Fsp3) is 0.500. The monoisotopic (exact) mass is 203 g/mol. The number of pyridine rings is 1. The molecule has 0 bridgehead atoms. The summed E-state index contributed by atoms with van der Waals surface area (Å²) in [6, 6.07) is 6.18. The highest BCUT2D eigenvalue weighted by Crippen LogP contribution is 2.10. The highest BCUT2D eigenvalue weighted by Gasteiger charge is 2.04. The van der Waals surface area contributed by atoms with Gasteiger partial charge in [0.1, 0.15) is 11.9 Å². The van der Waals surface area contributed by atoms with E-state index in [-0.39, 0.29) is 0 Å². The number of anilines is 1. The molecule has 1 N–H and O–H groups in total. The molecular weight excluding hydrogens is 186 g/mol. The summed E-state index contributed by atoms with van der Waals surface area (Å²) < 4.78 is 0. The van der Waals surface area contributed by atoms with Gasteiger partial charge in [0, 0.05) is 12.2 Å². The molecule has 0 spiro atoms. The average molecular weight is 203 g/mol. The van der Waals surface area contributed by atoms with Crippen molar-refractivity contribution in [3.8, 4) is 6.07 Å². The Hall–Kier alpha value is -1.56. The summed E-state index contributed by atoms with van der Waals surface area (Å²) in [4.78, 5) is 4.19. The molecule has 1 heterocycles. The predicted molar refractivity (Wildman–Crippen MR) is 61.6 cm³/mol. The summed E-state index contributed by atoms with van der Waals surface area (Å²) in [6.45, 7) is 4.34. The highest BCUT2D eigenvalue weighted by molar-refractivity contribution is 5.39. The molecule has 1 atom stereocenters. The van der Waals surface area contributed by atoms with Crippen LogP contribution in [0.15, 0.2) is 18.3 Å². The van der Waals surface area contributed by atoms with E-state index in [1.807, 2.05) is 6.07 Å². The van der Waals surface area contributed by atoms with E-state index in [1.54, 1.807) is 12.3 Å². The van der Waals surface area contributed by atoms with Gasteiger partial charge in [-0.05, 0) is 25.0 Å². The van der Waals surface area contributed by atoms with Crippen molar-refractivity contribution in [1.29, 1.82) is 5.26 Å². The van der Waals surface area contributed by atoms with Gasteiger partial charge >= 0.3 is 0 Å². The molecule has 3 heteroatoms. The Morgan fingerprint density at radius 2 is 2.27 bits per heavy atom. The van der Waals surface area contributed by atoms with E-state index in [0.29, 0.717) is 11.6 Å². The van der Waals surface area contributed by atoms with Gasteiger partial charge in [0.2, 0.25) is 0 Å². The Labute approximate surface area is 91.1 Å². The van der Waals surface area contributed by atoms with E-state index < -0.39 is 0 Å². The molecule has 0 aliphatic carbocycles. The van der Waals surface area contributed by atoms with Crippen molar-refractivity contribution in [2.75, 3.05) is 5.32 Å². The predicted octanol–water partition coefficient (Wildman–Crippen LogP) is 2.94. The van der Waals surface area contributed by atoms with Crippen LogP contribution in [0.4, 0.5) is 5.82 Å². The molecule has 0 aliphatic rings. The molecule has 1 unspecified atom stereocenters. The van der Waals surface area contributed by atoms with E-state index in [0.717, 1.165) is 18.7 Å². The Kier molecular flexibility index (Phi) is 4.62. The van der Waals surface area contributed by atoms with E-state index in [1.165, 1.54) is 6.42 Å². The molecule has 0 aromatic carbocycles. The SMILES string of the molecule is CCCC(CC)Nc1ccc(C#N)cn1. The summed E-state index contributed by atoms with van der Waals surface area (Å²) in [5.41, 5.74) is 0.601. The molecule has 1 aromatic rings. The van der Waals surface area contributed by atoms with Crippen molar-refractivity contribution in [2.24, 2.45) is 0 Å². The van der Waals surface area contributed by atoms with E-state index in [4.69, 9.17) is 5.26 Å². The average Bonchev–Trinajstić information content (AvgIpc) is 2.29. The quantitative estimate of drug-likeness (QED) is 0.800. The van der Waals surface area contributed by atoms with Crippen LogP contribution in [0, 0.1) is 11.3 Å². The van der Waals surface area contributed by atoms with E-state index in [2.05, 4.69) is 30.2 Å². The maximum atomic E-state index is 8.63. The topological polar surface area (TPSA) is 48.7 Å². The third-order valence-corrected chi connectivity index (χ3v) is 2.37. The molecule has 0 amide bonds. The fourth-order valence-corrected chi connectivity index (χ4v) is 1.48. The van der Waals surface area contributed by atoms with Crippen molar-refractivity contribution in [3.05, 3.63) is 23.9 Å². The number of nitriles is 1. The minimum atomic E-state index is 0.482. The second kappa shape index (κ2) is 6.02. The summed E-state index contributed by atoms with van der Waals surface area (Å²) in [5.74, 6) is 0.856. The Balaban J connectivity index is 2.59. The minimum absolute atomic E-state index is 0.482. The lowest BCUT2D eigenvalue weighted by Gasteiger charge is -2.16. The maximum Gasteiger partial charge on any atom is 0.126 e. The molecule has 1 aromatic heterocycles. The lowest BCUT2D eigenvalue weighted by molar-refractivity contribution is 0.620. The van der Waals surface area contributed by atoms with Crippen molar-refractivity contribution in [1.82, 2.24) is 4.98 Å². The number of hydrogen-bond acceptors (Lipinski definition) is 3. The lowest BCUT2D eigenvalue weighted by Crippen LogP contribution is -2.18. The van der Waals surface area contributed by atoms with Gasteiger partial charge in [-0.25, -0.2) is 4.98 Å². The summed E-state index contributed by atoms with van der Waals surface area (Å²) >= 11 is 0. The van der Waals surface area contributed by atoms with Crippen LogP contribution >= 0.6 is 0 Å². The first kappa shape index (κ1) is 11.5. The molecule has 15 heavy (non-hydrogen) atoms.